The van der Waals surface area contributed by atoms with Crippen molar-refractivity contribution < 1.29 is 4.74 Å². The lowest BCUT2D eigenvalue weighted by molar-refractivity contribution is 0.301. The third-order valence-corrected chi connectivity index (χ3v) is 0.456. The fourth-order valence-corrected chi connectivity index (χ4v) is 0.203. The minimum atomic E-state index is 0.889. The molecule has 0 bridgehead atoms. The van der Waals surface area contributed by atoms with Crippen LogP contribution in [0.25, 0.3) is 0 Å². The average Bonchev–Trinajstić information content (AvgIpc) is 1.69. The second-order valence-electron chi connectivity index (χ2n) is 1.03. The SMILES string of the molecule is CCC#C[CH]OC. The van der Waals surface area contributed by atoms with Crippen molar-refractivity contribution in [1.29, 1.82) is 0 Å². The summed E-state index contributed by atoms with van der Waals surface area (Å²) in [5.74, 6) is 5.51. The third kappa shape index (κ3) is 5.52. The van der Waals surface area contributed by atoms with Crippen LogP contribution in [0.3, 0.4) is 0 Å². The maximum absolute atomic E-state index is 4.55. The molecule has 0 atom stereocenters. The molecule has 0 aliphatic heterocycles. The highest BCUT2D eigenvalue weighted by Crippen LogP contribution is 1.72. The quantitative estimate of drug-likeness (QED) is 0.447. The molecule has 0 spiro atoms. The molecule has 0 aromatic heterocycles. The molecule has 0 saturated heterocycles. The van der Waals surface area contributed by atoms with Gasteiger partial charge in [0.1, 0.15) is 0 Å². The van der Waals surface area contributed by atoms with Crippen molar-refractivity contribution in [1.82, 2.24) is 0 Å². The fraction of sp³-hybridized carbons (Fsp3) is 0.500. The first-order valence-electron chi connectivity index (χ1n) is 2.24. The fourth-order valence-electron chi connectivity index (χ4n) is 0.203. The van der Waals surface area contributed by atoms with Crippen LogP contribution >= 0.6 is 0 Å². The van der Waals surface area contributed by atoms with Crippen LogP contribution in [-0.4, -0.2) is 7.11 Å². The Morgan fingerprint density at radius 2 is 2.43 bits per heavy atom. The zero-order valence-electron chi connectivity index (χ0n) is 4.69. The zero-order chi connectivity index (χ0) is 5.54. The molecule has 0 aliphatic carbocycles. The van der Waals surface area contributed by atoms with Gasteiger partial charge in [-0.2, -0.15) is 0 Å². The zero-order valence-corrected chi connectivity index (χ0v) is 4.69. The topological polar surface area (TPSA) is 9.23 Å². The van der Waals surface area contributed by atoms with Crippen LogP contribution in [-0.2, 0) is 4.74 Å². The van der Waals surface area contributed by atoms with Crippen LogP contribution in [0.5, 0.6) is 0 Å². The van der Waals surface area contributed by atoms with Crippen molar-refractivity contribution in [2.45, 2.75) is 13.3 Å². The van der Waals surface area contributed by atoms with Gasteiger partial charge >= 0.3 is 0 Å². The lowest BCUT2D eigenvalue weighted by Crippen LogP contribution is -1.70. The number of ether oxygens (including phenoxy) is 1. The summed E-state index contributed by atoms with van der Waals surface area (Å²) < 4.78 is 4.55. The first-order valence-corrected chi connectivity index (χ1v) is 2.24. The van der Waals surface area contributed by atoms with Gasteiger partial charge in [0.2, 0.25) is 0 Å². The molecule has 0 aromatic carbocycles. The van der Waals surface area contributed by atoms with E-state index in [1.807, 2.05) is 6.92 Å². The lowest BCUT2D eigenvalue weighted by atomic mass is 10.5. The van der Waals surface area contributed by atoms with Gasteiger partial charge < -0.3 is 4.74 Å². The van der Waals surface area contributed by atoms with Crippen LogP contribution in [0.2, 0.25) is 0 Å². The monoisotopic (exact) mass is 97.1 g/mol. The summed E-state index contributed by atoms with van der Waals surface area (Å²) in [7, 11) is 1.59. The van der Waals surface area contributed by atoms with E-state index in [9.17, 15) is 0 Å². The molecule has 0 rings (SSSR count). The van der Waals surface area contributed by atoms with Crippen LogP contribution < -0.4 is 0 Å². The Kier molecular flexibility index (Phi) is 5.14. The van der Waals surface area contributed by atoms with Crippen molar-refractivity contribution in [3.05, 3.63) is 6.61 Å². The van der Waals surface area contributed by atoms with E-state index in [0.29, 0.717) is 0 Å². The Hall–Kier alpha value is -0.480. The number of hydrogen-bond acceptors (Lipinski definition) is 1. The molecule has 0 saturated carbocycles. The second kappa shape index (κ2) is 5.52. The van der Waals surface area contributed by atoms with E-state index in [1.165, 1.54) is 6.61 Å². The van der Waals surface area contributed by atoms with Crippen molar-refractivity contribution in [2.75, 3.05) is 7.11 Å². The van der Waals surface area contributed by atoms with Gasteiger partial charge in [-0.1, -0.05) is 12.8 Å². The summed E-state index contributed by atoms with van der Waals surface area (Å²) in [4.78, 5) is 0. The molecular formula is C6H9O. The van der Waals surface area contributed by atoms with E-state index in [-0.39, 0.29) is 0 Å². The first kappa shape index (κ1) is 6.52. The largest absolute Gasteiger partial charge is 0.365 e. The van der Waals surface area contributed by atoms with Crippen molar-refractivity contribution in [2.24, 2.45) is 0 Å². The van der Waals surface area contributed by atoms with E-state index in [4.69, 9.17) is 0 Å². The van der Waals surface area contributed by atoms with Gasteiger partial charge in [-0.3, -0.25) is 0 Å². The molecule has 0 aliphatic rings. The minimum absolute atomic E-state index is 0.889. The van der Waals surface area contributed by atoms with Gasteiger partial charge in [0, 0.05) is 13.5 Å². The Morgan fingerprint density at radius 3 is 2.86 bits per heavy atom. The van der Waals surface area contributed by atoms with Crippen molar-refractivity contribution in [3.8, 4) is 11.8 Å². The van der Waals surface area contributed by atoms with E-state index >= 15 is 0 Å². The number of methoxy groups -OCH3 is 1. The van der Waals surface area contributed by atoms with Gasteiger partial charge in [-0.15, -0.1) is 5.92 Å². The molecule has 0 amide bonds. The summed E-state index contributed by atoms with van der Waals surface area (Å²) in [6.45, 7) is 3.47. The summed E-state index contributed by atoms with van der Waals surface area (Å²) in [5, 5.41) is 0. The highest BCUT2D eigenvalue weighted by molar-refractivity contribution is 5.04. The van der Waals surface area contributed by atoms with E-state index in [0.717, 1.165) is 6.42 Å². The molecule has 0 N–H and O–H groups in total. The molecule has 0 fully saturated rings. The molecule has 0 heterocycles. The van der Waals surface area contributed by atoms with Gasteiger partial charge in [-0.05, 0) is 0 Å². The highest BCUT2D eigenvalue weighted by atomic mass is 16.5. The third-order valence-electron chi connectivity index (χ3n) is 0.456. The number of rotatable bonds is 1. The predicted molar refractivity (Wildman–Crippen MR) is 29.4 cm³/mol. The average molecular weight is 97.1 g/mol. The number of hydrogen-bond donors (Lipinski definition) is 0. The second-order valence-corrected chi connectivity index (χ2v) is 1.03. The molecule has 0 aromatic rings. The Balaban J connectivity index is 2.91. The van der Waals surface area contributed by atoms with Crippen LogP contribution in [0.1, 0.15) is 13.3 Å². The normalized spacial score (nSPS) is 7.14. The van der Waals surface area contributed by atoms with E-state index in [1.54, 1.807) is 7.11 Å². The molecule has 1 radical (unpaired) electrons. The van der Waals surface area contributed by atoms with Crippen LogP contribution in [0, 0.1) is 18.4 Å². The summed E-state index contributed by atoms with van der Waals surface area (Å²) >= 11 is 0. The van der Waals surface area contributed by atoms with E-state index < -0.39 is 0 Å². The molecule has 39 valence electrons. The standard InChI is InChI=1S/C6H9O/c1-3-4-5-6-7-2/h6H,3H2,1-2H3. The summed E-state index contributed by atoms with van der Waals surface area (Å²) in [6, 6.07) is 0. The van der Waals surface area contributed by atoms with Gasteiger partial charge in [0.25, 0.3) is 0 Å². The summed E-state index contributed by atoms with van der Waals surface area (Å²) in [6.07, 6.45) is 0.889. The Bertz CT molecular complexity index is 75.9. The first-order chi connectivity index (χ1) is 3.41. The van der Waals surface area contributed by atoms with Gasteiger partial charge in [-0.25, -0.2) is 0 Å². The predicted octanol–water partition coefficient (Wildman–Crippen LogP) is 1.21. The van der Waals surface area contributed by atoms with Crippen molar-refractivity contribution >= 4 is 0 Å². The Morgan fingerprint density at radius 1 is 1.71 bits per heavy atom. The summed E-state index contributed by atoms with van der Waals surface area (Å²) in [5.41, 5.74) is 0. The Labute approximate surface area is 44.7 Å². The molecule has 7 heavy (non-hydrogen) atoms. The van der Waals surface area contributed by atoms with Crippen molar-refractivity contribution in [3.63, 3.8) is 0 Å². The smallest absolute Gasteiger partial charge is 0.155 e. The van der Waals surface area contributed by atoms with Crippen LogP contribution in [0.4, 0.5) is 0 Å². The van der Waals surface area contributed by atoms with E-state index in [2.05, 4.69) is 16.6 Å². The molecule has 1 nitrogen and oxygen atoms in total. The molecular weight excluding hydrogens is 88.1 g/mol. The molecule has 1 heteroatoms. The van der Waals surface area contributed by atoms with Crippen LogP contribution in [0.15, 0.2) is 0 Å². The van der Waals surface area contributed by atoms with Gasteiger partial charge in [0.15, 0.2) is 6.61 Å². The molecule has 0 unspecified atom stereocenters. The highest BCUT2D eigenvalue weighted by Gasteiger charge is 1.65. The maximum Gasteiger partial charge on any atom is 0.155 e. The minimum Gasteiger partial charge on any atom is -0.365 e. The maximum atomic E-state index is 4.55. The van der Waals surface area contributed by atoms with Gasteiger partial charge in [0.05, 0.1) is 0 Å². The lowest BCUT2D eigenvalue weighted by Gasteiger charge is -1.77.